The highest BCUT2D eigenvalue weighted by Gasteiger charge is 2.24. The van der Waals surface area contributed by atoms with Gasteiger partial charge < -0.3 is 10.3 Å². The van der Waals surface area contributed by atoms with Gasteiger partial charge in [-0.1, -0.05) is 24.1 Å². The second kappa shape index (κ2) is 5.93. The largest absolute Gasteiger partial charge is 0.339 e. The summed E-state index contributed by atoms with van der Waals surface area (Å²) >= 11 is 0. The smallest absolute Gasteiger partial charge is 0.228 e. The van der Waals surface area contributed by atoms with E-state index in [0.717, 1.165) is 16.8 Å². The summed E-state index contributed by atoms with van der Waals surface area (Å²) in [7, 11) is 0. The van der Waals surface area contributed by atoms with E-state index in [1.807, 2.05) is 20.0 Å². The Balaban J connectivity index is 1.73. The number of rotatable bonds is 4. The van der Waals surface area contributed by atoms with Crippen LogP contribution in [0.5, 0.6) is 0 Å². The van der Waals surface area contributed by atoms with Gasteiger partial charge in [-0.15, -0.1) is 0 Å². The predicted octanol–water partition coefficient (Wildman–Crippen LogP) is 2.81. The fourth-order valence-corrected chi connectivity index (χ4v) is 3.14. The summed E-state index contributed by atoms with van der Waals surface area (Å²) in [5.74, 6) is 1.77. The average molecular weight is 286 g/mol. The summed E-state index contributed by atoms with van der Waals surface area (Å²) in [5, 5.41) is 4.05. The van der Waals surface area contributed by atoms with Gasteiger partial charge in [-0.2, -0.15) is 4.98 Å². The number of pyridine rings is 1. The zero-order valence-corrected chi connectivity index (χ0v) is 12.7. The van der Waals surface area contributed by atoms with Gasteiger partial charge in [-0.05, 0) is 43.7 Å². The Labute approximate surface area is 125 Å². The molecule has 2 N–H and O–H groups in total. The summed E-state index contributed by atoms with van der Waals surface area (Å²) in [6, 6.07) is 2.19. The van der Waals surface area contributed by atoms with Gasteiger partial charge in [0.1, 0.15) is 5.69 Å². The number of nitrogens with zero attached hydrogens (tertiary/aromatic N) is 3. The number of nitrogens with two attached hydrogens (primary N) is 1. The van der Waals surface area contributed by atoms with Crippen LogP contribution in [-0.2, 0) is 6.42 Å². The van der Waals surface area contributed by atoms with Crippen LogP contribution in [0.15, 0.2) is 16.8 Å². The first-order valence-corrected chi connectivity index (χ1v) is 7.65. The standard InChI is InChI=1S/C16H22N4O/c1-10-7-11(2)15(18-9-10)16-19-14(21-20-16)8-13(17)12-5-3-4-6-12/h7,9,12-13H,3-6,8,17H2,1-2H3. The van der Waals surface area contributed by atoms with Gasteiger partial charge in [0.25, 0.3) is 0 Å². The van der Waals surface area contributed by atoms with E-state index in [1.165, 1.54) is 25.7 Å². The second-order valence-electron chi connectivity index (χ2n) is 6.10. The fourth-order valence-electron chi connectivity index (χ4n) is 3.14. The normalized spacial score (nSPS) is 17.3. The molecule has 1 atom stereocenters. The molecule has 2 heterocycles. The van der Waals surface area contributed by atoms with Gasteiger partial charge in [0.2, 0.25) is 11.7 Å². The molecular formula is C16H22N4O. The van der Waals surface area contributed by atoms with E-state index in [1.54, 1.807) is 0 Å². The SMILES string of the molecule is Cc1cnc(-c2noc(CC(N)C3CCCC3)n2)c(C)c1. The topological polar surface area (TPSA) is 77.8 Å². The van der Waals surface area contributed by atoms with Crippen molar-refractivity contribution in [3.8, 4) is 11.5 Å². The monoisotopic (exact) mass is 286 g/mol. The lowest BCUT2D eigenvalue weighted by Crippen LogP contribution is -2.30. The summed E-state index contributed by atoms with van der Waals surface area (Å²) in [5.41, 5.74) is 9.23. The van der Waals surface area contributed by atoms with Crippen molar-refractivity contribution in [3.05, 3.63) is 29.3 Å². The van der Waals surface area contributed by atoms with E-state index in [4.69, 9.17) is 10.3 Å². The van der Waals surface area contributed by atoms with Crippen molar-refractivity contribution in [2.45, 2.75) is 52.0 Å². The minimum absolute atomic E-state index is 0.118. The molecule has 1 fully saturated rings. The van der Waals surface area contributed by atoms with Gasteiger partial charge in [0, 0.05) is 18.7 Å². The van der Waals surface area contributed by atoms with Crippen molar-refractivity contribution in [2.75, 3.05) is 0 Å². The van der Waals surface area contributed by atoms with Gasteiger partial charge >= 0.3 is 0 Å². The molecule has 0 aromatic carbocycles. The fraction of sp³-hybridized carbons (Fsp3) is 0.562. The molecule has 1 aliphatic carbocycles. The third-order valence-electron chi connectivity index (χ3n) is 4.31. The first kappa shape index (κ1) is 14.2. The summed E-state index contributed by atoms with van der Waals surface area (Å²) in [6.07, 6.45) is 7.51. The molecule has 2 aromatic heterocycles. The molecule has 0 saturated heterocycles. The van der Waals surface area contributed by atoms with Crippen LogP contribution in [0.25, 0.3) is 11.5 Å². The van der Waals surface area contributed by atoms with Crippen LogP contribution in [0, 0.1) is 19.8 Å². The molecule has 1 saturated carbocycles. The lowest BCUT2D eigenvalue weighted by molar-refractivity contribution is 0.341. The molecule has 0 spiro atoms. The molecule has 5 heteroatoms. The molecule has 0 aliphatic heterocycles. The summed E-state index contributed by atoms with van der Waals surface area (Å²) in [4.78, 5) is 8.86. The molecular weight excluding hydrogens is 264 g/mol. The lowest BCUT2D eigenvalue weighted by Gasteiger charge is -2.16. The lowest BCUT2D eigenvalue weighted by atomic mass is 9.96. The molecule has 5 nitrogen and oxygen atoms in total. The van der Waals surface area contributed by atoms with Crippen LogP contribution in [-0.4, -0.2) is 21.2 Å². The molecule has 0 bridgehead atoms. The Morgan fingerprint density at radius 3 is 2.81 bits per heavy atom. The molecule has 0 amide bonds. The van der Waals surface area contributed by atoms with Crippen molar-refractivity contribution in [1.82, 2.24) is 15.1 Å². The van der Waals surface area contributed by atoms with Gasteiger partial charge in [-0.3, -0.25) is 4.98 Å². The zero-order valence-electron chi connectivity index (χ0n) is 12.7. The molecule has 3 rings (SSSR count). The Bertz CT molecular complexity index is 616. The molecule has 2 aromatic rings. The van der Waals surface area contributed by atoms with Crippen molar-refractivity contribution in [2.24, 2.45) is 11.7 Å². The van der Waals surface area contributed by atoms with E-state index >= 15 is 0 Å². The highest BCUT2D eigenvalue weighted by atomic mass is 16.5. The van der Waals surface area contributed by atoms with Crippen molar-refractivity contribution < 1.29 is 4.52 Å². The molecule has 21 heavy (non-hydrogen) atoms. The molecule has 1 aliphatic rings. The number of aromatic nitrogens is 3. The third-order valence-corrected chi connectivity index (χ3v) is 4.31. The van der Waals surface area contributed by atoms with E-state index in [2.05, 4.69) is 21.2 Å². The zero-order chi connectivity index (χ0) is 14.8. The van der Waals surface area contributed by atoms with E-state index in [0.29, 0.717) is 24.1 Å². The van der Waals surface area contributed by atoms with Gasteiger partial charge in [-0.25, -0.2) is 0 Å². The average Bonchev–Trinajstić information content (AvgIpc) is 3.09. The number of hydrogen-bond donors (Lipinski definition) is 1. The summed E-state index contributed by atoms with van der Waals surface area (Å²) in [6.45, 7) is 4.03. The van der Waals surface area contributed by atoms with Gasteiger partial charge in [0.15, 0.2) is 0 Å². The third kappa shape index (κ3) is 3.13. The van der Waals surface area contributed by atoms with Crippen molar-refractivity contribution in [3.63, 3.8) is 0 Å². The Morgan fingerprint density at radius 2 is 2.10 bits per heavy atom. The number of hydrogen-bond acceptors (Lipinski definition) is 5. The predicted molar refractivity (Wildman–Crippen MR) is 80.6 cm³/mol. The maximum Gasteiger partial charge on any atom is 0.228 e. The first-order chi connectivity index (χ1) is 10.1. The molecule has 112 valence electrons. The van der Waals surface area contributed by atoms with Crippen molar-refractivity contribution >= 4 is 0 Å². The van der Waals surface area contributed by atoms with Crippen LogP contribution in [0.2, 0.25) is 0 Å². The van der Waals surface area contributed by atoms with E-state index in [9.17, 15) is 0 Å². The van der Waals surface area contributed by atoms with Crippen LogP contribution < -0.4 is 5.73 Å². The van der Waals surface area contributed by atoms with E-state index in [-0.39, 0.29) is 6.04 Å². The highest BCUT2D eigenvalue weighted by molar-refractivity contribution is 5.53. The Hall–Kier alpha value is -1.75. The van der Waals surface area contributed by atoms with Crippen LogP contribution in [0.4, 0.5) is 0 Å². The summed E-state index contributed by atoms with van der Waals surface area (Å²) < 4.78 is 5.35. The minimum atomic E-state index is 0.118. The molecule has 0 radical (unpaired) electrons. The number of aryl methyl sites for hydroxylation is 2. The Kier molecular flexibility index (Phi) is 4.01. The second-order valence-corrected chi connectivity index (χ2v) is 6.10. The van der Waals surface area contributed by atoms with Crippen molar-refractivity contribution in [1.29, 1.82) is 0 Å². The Morgan fingerprint density at radius 1 is 1.33 bits per heavy atom. The molecule has 1 unspecified atom stereocenters. The maximum atomic E-state index is 6.27. The van der Waals surface area contributed by atoms with Crippen LogP contribution >= 0.6 is 0 Å². The first-order valence-electron chi connectivity index (χ1n) is 7.65. The van der Waals surface area contributed by atoms with E-state index < -0.39 is 0 Å². The minimum Gasteiger partial charge on any atom is -0.339 e. The van der Waals surface area contributed by atoms with Crippen LogP contribution in [0.3, 0.4) is 0 Å². The van der Waals surface area contributed by atoms with Gasteiger partial charge in [0.05, 0.1) is 0 Å². The quantitative estimate of drug-likeness (QED) is 0.935. The van der Waals surface area contributed by atoms with Crippen LogP contribution in [0.1, 0.15) is 42.7 Å². The highest BCUT2D eigenvalue weighted by Crippen LogP contribution is 2.28. The maximum absolute atomic E-state index is 6.27.